The van der Waals surface area contributed by atoms with E-state index in [0.717, 1.165) is 25.6 Å². The summed E-state index contributed by atoms with van der Waals surface area (Å²) < 4.78 is 2.06. The van der Waals surface area contributed by atoms with Crippen LogP contribution in [0.5, 0.6) is 0 Å². The first-order valence-corrected chi connectivity index (χ1v) is 8.39. The van der Waals surface area contributed by atoms with E-state index in [1.165, 1.54) is 5.56 Å². The fourth-order valence-corrected chi connectivity index (χ4v) is 2.93. The molecule has 1 aromatic rings. The largest absolute Gasteiger partial charge is 0.357 e. The van der Waals surface area contributed by atoms with E-state index in [-0.39, 0.29) is 0 Å². The summed E-state index contributed by atoms with van der Waals surface area (Å²) in [5, 5.41) is 6.98. The highest BCUT2D eigenvalue weighted by atomic mass is 15.3. The van der Waals surface area contributed by atoms with Crippen molar-refractivity contribution in [3.8, 4) is 0 Å². The molecular weight excluding hydrogens is 274 g/mol. The van der Waals surface area contributed by atoms with Gasteiger partial charge in [0.1, 0.15) is 0 Å². The van der Waals surface area contributed by atoms with Gasteiger partial charge < -0.3 is 15.2 Å². The minimum absolute atomic E-state index is 0.468. The van der Waals surface area contributed by atoms with Gasteiger partial charge in [-0.1, -0.05) is 6.92 Å². The second-order valence-electron chi connectivity index (χ2n) is 6.66. The normalized spacial score (nSPS) is 23.3. The molecule has 0 spiro atoms. The lowest BCUT2D eigenvalue weighted by Gasteiger charge is -2.21. The van der Waals surface area contributed by atoms with Crippen LogP contribution in [0, 0.1) is 5.92 Å². The first-order valence-electron chi connectivity index (χ1n) is 8.39. The Bertz CT molecular complexity index is 491. The van der Waals surface area contributed by atoms with E-state index >= 15 is 0 Å². The van der Waals surface area contributed by atoms with Gasteiger partial charge in [-0.3, -0.25) is 4.90 Å². The second-order valence-corrected chi connectivity index (χ2v) is 6.66. The van der Waals surface area contributed by atoms with E-state index in [0.29, 0.717) is 24.5 Å². The maximum Gasteiger partial charge on any atom is 0.191 e. The monoisotopic (exact) mass is 305 g/mol. The summed E-state index contributed by atoms with van der Waals surface area (Å²) in [6.45, 7) is 12.8. The van der Waals surface area contributed by atoms with Gasteiger partial charge in [-0.2, -0.15) is 0 Å². The Hall–Kier alpha value is -1.49. The molecule has 1 aliphatic heterocycles. The number of aromatic nitrogens is 1. The van der Waals surface area contributed by atoms with Crippen LogP contribution in [0.4, 0.5) is 0 Å². The van der Waals surface area contributed by atoms with Crippen molar-refractivity contribution in [1.82, 2.24) is 20.1 Å². The molecule has 0 amide bonds. The number of rotatable bonds is 5. The molecule has 22 heavy (non-hydrogen) atoms. The molecule has 2 N–H and O–H groups in total. The van der Waals surface area contributed by atoms with E-state index in [4.69, 9.17) is 4.99 Å². The summed E-state index contributed by atoms with van der Waals surface area (Å²) in [5.74, 6) is 1.57. The predicted octanol–water partition coefficient (Wildman–Crippen LogP) is 1.81. The van der Waals surface area contributed by atoms with E-state index in [2.05, 4.69) is 66.3 Å². The number of aliphatic imine (C=N–C) groups is 1. The van der Waals surface area contributed by atoms with Crippen LogP contribution in [-0.2, 0) is 13.6 Å². The fourth-order valence-electron chi connectivity index (χ4n) is 2.93. The molecule has 1 saturated heterocycles. The maximum absolute atomic E-state index is 4.73. The third kappa shape index (κ3) is 4.50. The molecule has 5 heteroatoms. The van der Waals surface area contributed by atoms with Gasteiger partial charge in [0.05, 0.1) is 6.54 Å². The summed E-state index contributed by atoms with van der Waals surface area (Å²) in [6, 6.07) is 3.19. The van der Waals surface area contributed by atoms with Crippen molar-refractivity contribution in [3.63, 3.8) is 0 Å². The van der Waals surface area contributed by atoms with Gasteiger partial charge in [-0.25, -0.2) is 4.99 Å². The quantitative estimate of drug-likeness (QED) is 0.644. The van der Waals surface area contributed by atoms with Gasteiger partial charge in [-0.05, 0) is 38.3 Å². The Morgan fingerprint density at radius 1 is 1.41 bits per heavy atom. The van der Waals surface area contributed by atoms with Crippen LogP contribution in [-0.4, -0.2) is 47.1 Å². The molecule has 2 heterocycles. The van der Waals surface area contributed by atoms with Crippen LogP contribution in [0.25, 0.3) is 0 Å². The molecule has 2 atom stereocenters. The maximum atomic E-state index is 4.73. The van der Waals surface area contributed by atoms with Crippen molar-refractivity contribution >= 4 is 5.96 Å². The van der Waals surface area contributed by atoms with Crippen molar-refractivity contribution in [2.75, 3.05) is 19.6 Å². The van der Waals surface area contributed by atoms with Crippen LogP contribution in [0.2, 0.25) is 0 Å². The number of guanidine groups is 1. The number of hydrogen-bond acceptors (Lipinski definition) is 2. The summed E-state index contributed by atoms with van der Waals surface area (Å²) >= 11 is 0. The summed E-state index contributed by atoms with van der Waals surface area (Å²) in [6.07, 6.45) is 4.18. The molecule has 0 bridgehead atoms. The standard InChI is InChI=1S/C17H31N5/c1-6-18-17(19-9-15-7-8-21(5)11-15)20-16-12-22(13(2)3)10-14(16)4/h7-8,11,13-14,16H,6,9-10,12H2,1-5H3,(H2,18,19,20). The molecule has 1 fully saturated rings. The van der Waals surface area contributed by atoms with Crippen molar-refractivity contribution in [1.29, 1.82) is 0 Å². The van der Waals surface area contributed by atoms with Gasteiger partial charge in [0.15, 0.2) is 5.96 Å². The van der Waals surface area contributed by atoms with Crippen molar-refractivity contribution in [2.45, 2.75) is 46.3 Å². The Labute approximate surface area is 134 Å². The highest BCUT2D eigenvalue weighted by Crippen LogP contribution is 2.18. The molecule has 5 nitrogen and oxygen atoms in total. The van der Waals surface area contributed by atoms with Gasteiger partial charge in [-0.15, -0.1) is 0 Å². The smallest absolute Gasteiger partial charge is 0.191 e. The zero-order chi connectivity index (χ0) is 16.1. The molecule has 0 saturated carbocycles. The van der Waals surface area contributed by atoms with Crippen molar-refractivity contribution < 1.29 is 0 Å². The van der Waals surface area contributed by atoms with Gasteiger partial charge in [0.2, 0.25) is 0 Å². The Morgan fingerprint density at radius 3 is 2.73 bits per heavy atom. The Kier molecular flexibility index (Phi) is 5.89. The van der Waals surface area contributed by atoms with Gasteiger partial charge in [0, 0.05) is 51.2 Å². The van der Waals surface area contributed by atoms with Crippen molar-refractivity contribution in [2.24, 2.45) is 18.0 Å². The highest BCUT2D eigenvalue weighted by Gasteiger charge is 2.31. The van der Waals surface area contributed by atoms with E-state index in [1.807, 2.05) is 7.05 Å². The Morgan fingerprint density at radius 2 is 2.18 bits per heavy atom. The van der Waals surface area contributed by atoms with E-state index < -0.39 is 0 Å². The van der Waals surface area contributed by atoms with Crippen LogP contribution < -0.4 is 10.6 Å². The third-order valence-electron chi connectivity index (χ3n) is 4.35. The lowest BCUT2D eigenvalue weighted by molar-refractivity contribution is 0.265. The van der Waals surface area contributed by atoms with Crippen molar-refractivity contribution in [3.05, 3.63) is 24.0 Å². The summed E-state index contributed by atoms with van der Waals surface area (Å²) in [5.41, 5.74) is 1.24. The van der Waals surface area contributed by atoms with E-state index in [9.17, 15) is 0 Å². The number of nitrogens with zero attached hydrogens (tertiary/aromatic N) is 3. The first kappa shape index (κ1) is 16.9. The summed E-state index contributed by atoms with van der Waals surface area (Å²) in [4.78, 5) is 7.26. The zero-order valence-corrected chi connectivity index (χ0v) is 14.6. The Balaban J connectivity index is 1.96. The molecule has 124 valence electrons. The summed E-state index contributed by atoms with van der Waals surface area (Å²) in [7, 11) is 2.04. The molecule has 2 unspecified atom stereocenters. The molecule has 0 radical (unpaired) electrons. The lowest BCUT2D eigenvalue weighted by atomic mass is 10.1. The first-order chi connectivity index (χ1) is 10.5. The van der Waals surface area contributed by atoms with Crippen LogP contribution >= 0.6 is 0 Å². The molecule has 1 aliphatic rings. The number of nitrogens with one attached hydrogen (secondary N) is 2. The number of hydrogen-bond donors (Lipinski definition) is 2. The zero-order valence-electron chi connectivity index (χ0n) is 14.6. The lowest BCUT2D eigenvalue weighted by Crippen LogP contribution is -2.46. The van der Waals surface area contributed by atoms with Crippen LogP contribution in [0.1, 0.15) is 33.3 Å². The second kappa shape index (κ2) is 7.68. The molecule has 1 aromatic heterocycles. The number of likely N-dealkylation sites (tertiary alicyclic amines) is 1. The van der Waals surface area contributed by atoms with Crippen LogP contribution in [0.15, 0.2) is 23.5 Å². The fraction of sp³-hybridized carbons (Fsp3) is 0.706. The molecule has 0 aliphatic carbocycles. The topological polar surface area (TPSA) is 44.6 Å². The molecule has 0 aromatic carbocycles. The number of aryl methyl sites for hydroxylation is 1. The highest BCUT2D eigenvalue weighted by molar-refractivity contribution is 5.80. The minimum atomic E-state index is 0.468. The SMILES string of the molecule is CCNC(=NCc1ccn(C)c1)NC1CN(C(C)C)CC1C. The average Bonchev–Trinajstić information content (AvgIpc) is 3.03. The third-order valence-corrected chi connectivity index (χ3v) is 4.35. The minimum Gasteiger partial charge on any atom is -0.357 e. The van der Waals surface area contributed by atoms with Gasteiger partial charge in [0.25, 0.3) is 0 Å². The average molecular weight is 305 g/mol. The van der Waals surface area contributed by atoms with Gasteiger partial charge >= 0.3 is 0 Å². The predicted molar refractivity (Wildman–Crippen MR) is 93.0 cm³/mol. The molecule has 2 rings (SSSR count). The molecular formula is C17H31N5. The van der Waals surface area contributed by atoms with E-state index in [1.54, 1.807) is 0 Å². The van der Waals surface area contributed by atoms with Crippen LogP contribution in [0.3, 0.4) is 0 Å².